The fourth-order valence-electron chi connectivity index (χ4n) is 0.470. The average Bonchev–Trinajstić information content (AvgIpc) is 1.66. The van der Waals surface area contributed by atoms with Crippen LogP contribution in [0.25, 0.3) is 0 Å². The maximum absolute atomic E-state index is 7.84. The van der Waals surface area contributed by atoms with Gasteiger partial charge in [0, 0.05) is 6.04 Å². The van der Waals surface area contributed by atoms with Crippen LogP contribution in [0.1, 0.15) is 19.8 Å². The molecular formula is C5H13NO2. The van der Waals surface area contributed by atoms with Gasteiger partial charge in [0.15, 0.2) is 0 Å². The Hall–Kier alpha value is -0.120. The molecule has 0 heterocycles. The highest BCUT2D eigenvalue weighted by atomic mass is 17.1. The largest absolute Gasteiger partial charge is 0.328 e. The third-order valence-corrected chi connectivity index (χ3v) is 0.895. The third kappa shape index (κ3) is 5.88. The SMILES string of the molecule is CC(N)CCCOO. The molecule has 1 atom stereocenters. The summed E-state index contributed by atoms with van der Waals surface area (Å²) in [5, 5.41) is 7.84. The van der Waals surface area contributed by atoms with Gasteiger partial charge in [-0.25, -0.2) is 4.89 Å². The van der Waals surface area contributed by atoms with Crippen LogP contribution in [-0.4, -0.2) is 17.9 Å². The molecule has 0 amide bonds. The number of hydrogen-bond acceptors (Lipinski definition) is 3. The molecule has 1 unspecified atom stereocenters. The van der Waals surface area contributed by atoms with Crippen LogP contribution < -0.4 is 5.73 Å². The standard InChI is InChI=1S/C5H13NO2/c1-5(6)3-2-4-8-7/h5,7H,2-4,6H2,1H3. The second kappa shape index (κ2) is 5.03. The van der Waals surface area contributed by atoms with E-state index in [-0.39, 0.29) is 6.04 Å². The van der Waals surface area contributed by atoms with Crippen LogP contribution in [0.3, 0.4) is 0 Å². The summed E-state index contributed by atoms with van der Waals surface area (Å²) >= 11 is 0. The molecule has 0 rings (SSSR count). The molecule has 50 valence electrons. The van der Waals surface area contributed by atoms with Crippen LogP contribution >= 0.6 is 0 Å². The lowest BCUT2D eigenvalue weighted by molar-refractivity contribution is -0.242. The molecule has 3 heteroatoms. The Bertz CT molecular complexity index is 47.7. The van der Waals surface area contributed by atoms with Gasteiger partial charge in [0.2, 0.25) is 0 Å². The lowest BCUT2D eigenvalue weighted by atomic mass is 10.2. The summed E-state index contributed by atoms with van der Waals surface area (Å²) in [6, 6.07) is 0.213. The minimum absolute atomic E-state index is 0.213. The predicted octanol–water partition coefficient (Wildman–Crippen LogP) is 0.603. The van der Waals surface area contributed by atoms with Gasteiger partial charge in [-0.05, 0) is 19.8 Å². The number of hydrogen-bond donors (Lipinski definition) is 2. The van der Waals surface area contributed by atoms with E-state index in [1.54, 1.807) is 0 Å². The first-order valence-corrected chi connectivity index (χ1v) is 2.79. The fourth-order valence-corrected chi connectivity index (χ4v) is 0.470. The van der Waals surface area contributed by atoms with Crippen LogP contribution in [-0.2, 0) is 4.89 Å². The van der Waals surface area contributed by atoms with E-state index < -0.39 is 0 Å². The minimum atomic E-state index is 0.213. The Morgan fingerprint density at radius 2 is 2.38 bits per heavy atom. The lowest BCUT2D eigenvalue weighted by Crippen LogP contribution is -2.14. The molecule has 0 spiro atoms. The summed E-state index contributed by atoms with van der Waals surface area (Å²) in [5.41, 5.74) is 5.40. The normalized spacial score (nSPS) is 13.9. The van der Waals surface area contributed by atoms with Crippen LogP contribution in [0.15, 0.2) is 0 Å². The Balaban J connectivity index is 2.72. The monoisotopic (exact) mass is 119 g/mol. The molecule has 8 heavy (non-hydrogen) atoms. The van der Waals surface area contributed by atoms with Crippen LogP contribution in [0.2, 0.25) is 0 Å². The summed E-state index contributed by atoms with van der Waals surface area (Å²) in [5.74, 6) is 0. The van der Waals surface area contributed by atoms with E-state index >= 15 is 0 Å². The average molecular weight is 119 g/mol. The van der Waals surface area contributed by atoms with Gasteiger partial charge in [-0.1, -0.05) is 0 Å². The molecule has 0 aromatic heterocycles. The van der Waals surface area contributed by atoms with Crippen molar-refractivity contribution >= 4 is 0 Å². The highest BCUT2D eigenvalue weighted by molar-refractivity contribution is 4.50. The van der Waals surface area contributed by atoms with E-state index in [1.807, 2.05) is 6.92 Å². The molecular weight excluding hydrogens is 106 g/mol. The van der Waals surface area contributed by atoms with E-state index in [4.69, 9.17) is 11.0 Å². The molecule has 0 saturated heterocycles. The second-order valence-electron chi connectivity index (χ2n) is 1.95. The molecule has 0 aliphatic rings. The molecule has 3 nitrogen and oxygen atoms in total. The first-order chi connectivity index (χ1) is 3.77. The predicted molar refractivity (Wildman–Crippen MR) is 31.5 cm³/mol. The van der Waals surface area contributed by atoms with Crippen molar-refractivity contribution in [3.05, 3.63) is 0 Å². The van der Waals surface area contributed by atoms with Gasteiger partial charge in [0.1, 0.15) is 0 Å². The highest BCUT2D eigenvalue weighted by Gasteiger charge is 1.91. The number of rotatable bonds is 4. The van der Waals surface area contributed by atoms with Gasteiger partial charge in [-0.15, -0.1) is 0 Å². The topological polar surface area (TPSA) is 55.5 Å². The number of nitrogens with two attached hydrogens (primary N) is 1. The van der Waals surface area contributed by atoms with Crippen molar-refractivity contribution in [3.63, 3.8) is 0 Å². The van der Waals surface area contributed by atoms with E-state index in [0.717, 1.165) is 12.8 Å². The Labute approximate surface area is 49.4 Å². The summed E-state index contributed by atoms with van der Waals surface area (Å²) in [4.78, 5) is 3.84. The molecule has 0 aliphatic heterocycles. The zero-order valence-corrected chi connectivity index (χ0v) is 5.13. The van der Waals surface area contributed by atoms with Crippen molar-refractivity contribution in [1.82, 2.24) is 0 Å². The van der Waals surface area contributed by atoms with Gasteiger partial charge >= 0.3 is 0 Å². The van der Waals surface area contributed by atoms with Crippen LogP contribution in [0, 0.1) is 0 Å². The second-order valence-corrected chi connectivity index (χ2v) is 1.95. The highest BCUT2D eigenvalue weighted by Crippen LogP contribution is 1.91. The van der Waals surface area contributed by atoms with Gasteiger partial charge in [0.25, 0.3) is 0 Å². The fraction of sp³-hybridized carbons (Fsp3) is 1.00. The van der Waals surface area contributed by atoms with E-state index in [0.29, 0.717) is 6.61 Å². The first kappa shape index (κ1) is 7.88. The zero-order valence-electron chi connectivity index (χ0n) is 5.13. The van der Waals surface area contributed by atoms with Gasteiger partial charge in [0.05, 0.1) is 6.61 Å². The molecule has 0 aliphatic carbocycles. The van der Waals surface area contributed by atoms with E-state index in [1.165, 1.54) is 0 Å². The van der Waals surface area contributed by atoms with Crippen LogP contribution in [0.4, 0.5) is 0 Å². The van der Waals surface area contributed by atoms with Crippen molar-refractivity contribution in [2.45, 2.75) is 25.8 Å². The molecule has 0 aromatic carbocycles. The van der Waals surface area contributed by atoms with Gasteiger partial charge in [-0.2, -0.15) is 0 Å². The Kier molecular flexibility index (Phi) is 4.95. The smallest absolute Gasteiger partial charge is 0.0820 e. The summed E-state index contributed by atoms with van der Waals surface area (Å²) in [6.45, 7) is 2.32. The van der Waals surface area contributed by atoms with Crippen molar-refractivity contribution in [2.24, 2.45) is 5.73 Å². The van der Waals surface area contributed by atoms with Crippen molar-refractivity contribution in [3.8, 4) is 0 Å². The zero-order chi connectivity index (χ0) is 6.41. The van der Waals surface area contributed by atoms with E-state index in [2.05, 4.69) is 4.89 Å². The van der Waals surface area contributed by atoms with Crippen molar-refractivity contribution in [1.29, 1.82) is 0 Å². The van der Waals surface area contributed by atoms with Crippen molar-refractivity contribution < 1.29 is 10.1 Å². The quantitative estimate of drug-likeness (QED) is 0.324. The Morgan fingerprint density at radius 3 is 2.75 bits per heavy atom. The molecule has 0 radical (unpaired) electrons. The lowest BCUT2D eigenvalue weighted by Gasteiger charge is -2.00. The molecule has 3 N–H and O–H groups in total. The maximum atomic E-state index is 7.84. The molecule has 0 fully saturated rings. The van der Waals surface area contributed by atoms with Gasteiger partial charge < -0.3 is 5.73 Å². The molecule has 0 bridgehead atoms. The minimum Gasteiger partial charge on any atom is -0.328 e. The third-order valence-electron chi connectivity index (χ3n) is 0.895. The summed E-state index contributed by atoms with van der Waals surface area (Å²) in [7, 11) is 0. The van der Waals surface area contributed by atoms with Crippen molar-refractivity contribution in [2.75, 3.05) is 6.61 Å². The first-order valence-electron chi connectivity index (χ1n) is 2.79. The van der Waals surface area contributed by atoms with Gasteiger partial charge in [-0.3, -0.25) is 5.26 Å². The summed E-state index contributed by atoms with van der Waals surface area (Å²) in [6.07, 6.45) is 1.73. The molecule has 0 saturated carbocycles. The Morgan fingerprint density at radius 1 is 1.75 bits per heavy atom. The van der Waals surface area contributed by atoms with E-state index in [9.17, 15) is 0 Å². The maximum Gasteiger partial charge on any atom is 0.0820 e. The van der Waals surface area contributed by atoms with Crippen LogP contribution in [0.5, 0.6) is 0 Å². The summed E-state index contributed by atoms with van der Waals surface area (Å²) < 4.78 is 0. The molecule has 0 aromatic rings.